The maximum atomic E-state index is 6.69. The van der Waals surface area contributed by atoms with Crippen LogP contribution in [0.5, 0.6) is 0 Å². The molecule has 10 rings (SSSR count). The number of hydrogen-bond donors (Lipinski definition) is 0. The van der Waals surface area contributed by atoms with Crippen molar-refractivity contribution in [3.63, 3.8) is 0 Å². The Morgan fingerprint density at radius 2 is 0.982 bits per heavy atom. The van der Waals surface area contributed by atoms with E-state index >= 15 is 0 Å². The van der Waals surface area contributed by atoms with Crippen LogP contribution in [0.25, 0.3) is 98.5 Å². The topological polar surface area (TPSA) is 51.8 Å². The lowest BCUT2D eigenvalue weighted by Gasteiger charge is -2.20. The quantitative estimate of drug-likeness (QED) is 0.255. The molecule has 10 heteroatoms. The number of para-hydroxylation sites is 1. The molecular weight excluding hydrogens is 685 g/mol. The zero-order chi connectivity index (χ0) is 37.4. The lowest BCUT2D eigenvalue weighted by atomic mass is 9.59. The van der Waals surface area contributed by atoms with Gasteiger partial charge in [0, 0.05) is 58.8 Å². The molecule has 0 saturated carbocycles. The summed E-state index contributed by atoms with van der Waals surface area (Å²) in [5.41, 5.74) is 15.9. The summed E-state index contributed by atoms with van der Waals surface area (Å²) in [6.45, 7) is 0. The van der Waals surface area contributed by atoms with E-state index in [0.717, 1.165) is 49.8 Å². The van der Waals surface area contributed by atoms with Crippen molar-refractivity contribution in [2.75, 3.05) is 0 Å². The number of fused-ring (bicyclic) bond motifs is 6. The van der Waals surface area contributed by atoms with E-state index in [-0.39, 0.29) is 0 Å². The van der Waals surface area contributed by atoms with E-state index in [4.69, 9.17) is 19.4 Å². The second-order valence-corrected chi connectivity index (χ2v) is 15.6. The van der Waals surface area contributed by atoms with Crippen molar-refractivity contribution in [2.24, 2.45) is 0 Å². The van der Waals surface area contributed by atoms with Gasteiger partial charge in [0.15, 0.2) is 17.5 Å². The van der Waals surface area contributed by atoms with Gasteiger partial charge in [-0.15, -0.1) is 27.7 Å². The summed E-state index contributed by atoms with van der Waals surface area (Å²) in [6.07, 6.45) is 0. The molecule has 0 aliphatic carbocycles. The molecule has 254 valence electrons. The van der Waals surface area contributed by atoms with Gasteiger partial charge in [-0.05, 0) is 41.5 Å². The fourth-order valence-corrected chi connectivity index (χ4v) is 9.44. The molecule has 0 aliphatic heterocycles. The molecule has 0 N–H and O–H groups in total. The SMILES string of the molecule is Bc1c(B)c(B)c(-c2cccc(-c3nc(-c4ccccc4)nc(-c4ccc5oc6c(-c7cccc8c7sc7ccccc78)cccc6c5c4)n3)c2)c(B)c1B. The summed E-state index contributed by atoms with van der Waals surface area (Å²) in [7, 11) is 11.1. The second kappa shape index (κ2) is 13.0. The molecular formula is C45H32B5N3OS. The summed E-state index contributed by atoms with van der Waals surface area (Å²) in [5.74, 6) is 1.89. The number of nitrogens with zero attached hydrogens (tertiary/aromatic N) is 3. The highest BCUT2D eigenvalue weighted by molar-refractivity contribution is 7.26. The van der Waals surface area contributed by atoms with Crippen molar-refractivity contribution in [2.45, 2.75) is 0 Å². The molecule has 3 heterocycles. The molecule has 0 atom stereocenters. The number of aromatic nitrogens is 3. The molecule has 55 heavy (non-hydrogen) atoms. The molecule has 0 unspecified atom stereocenters. The van der Waals surface area contributed by atoms with Crippen molar-refractivity contribution >= 4 is 120 Å². The van der Waals surface area contributed by atoms with Crippen LogP contribution < -0.4 is 27.3 Å². The predicted molar refractivity (Wildman–Crippen MR) is 248 cm³/mol. The average Bonchev–Trinajstić information content (AvgIpc) is 3.81. The van der Waals surface area contributed by atoms with Crippen LogP contribution in [0.15, 0.2) is 138 Å². The summed E-state index contributed by atoms with van der Waals surface area (Å²) in [6, 6.07) is 46.7. The van der Waals surface area contributed by atoms with Crippen LogP contribution in [0, 0.1) is 0 Å². The predicted octanol–water partition coefficient (Wildman–Crippen LogP) is 3.77. The van der Waals surface area contributed by atoms with Gasteiger partial charge < -0.3 is 4.42 Å². The Kier molecular flexibility index (Phi) is 7.93. The van der Waals surface area contributed by atoms with Gasteiger partial charge in [0.05, 0.1) is 0 Å². The Bertz CT molecular complexity index is 3150. The lowest BCUT2D eigenvalue weighted by molar-refractivity contribution is 0.670. The second-order valence-electron chi connectivity index (χ2n) is 14.5. The first-order valence-corrected chi connectivity index (χ1v) is 19.5. The third-order valence-electron chi connectivity index (χ3n) is 11.5. The monoisotopic (exact) mass is 717 g/mol. The van der Waals surface area contributed by atoms with Crippen LogP contribution in [-0.4, -0.2) is 54.2 Å². The van der Waals surface area contributed by atoms with Gasteiger partial charge in [-0.2, -0.15) is 0 Å². The molecule has 0 fully saturated rings. The van der Waals surface area contributed by atoms with Crippen molar-refractivity contribution < 1.29 is 4.42 Å². The van der Waals surface area contributed by atoms with E-state index in [0.29, 0.717) is 17.5 Å². The summed E-state index contributed by atoms with van der Waals surface area (Å²) in [4.78, 5) is 15.3. The van der Waals surface area contributed by atoms with Crippen molar-refractivity contribution in [3.05, 3.63) is 133 Å². The van der Waals surface area contributed by atoms with Crippen molar-refractivity contribution in [1.82, 2.24) is 15.0 Å². The van der Waals surface area contributed by atoms with Crippen molar-refractivity contribution in [1.29, 1.82) is 0 Å². The lowest BCUT2D eigenvalue weighted by Crippen LogP contribution is -2.55. The zero-order valence-electron chi connectivity index (χ0n) is 31.4. The number of furan rings is 1. The minimum Gasteiger partial charge on any atom is -0.455 e. The standard InChI is InChI=1S/C45H32B5N3OS/c46-36-35(37(47)39(49)40(50)38(36)48)24-11-6-12-25(21-24)44-51-43(23-9-2-1-3-10-23)52-45(53-44)26-19-20-33-32(22-26)29-15-7-14-28(41(29)54-33)31-17-8-16-30-27-13-4-5-18-34(27)55-42(30)31/h1-22H,46-50H2. The molecule has 4 nitrogen and oxygen atoms in total. The number of benzene rings is 7. The smallest absolute Gasteiger partial charge is 0.164 e. The van der Waals surface area contributed by atoms with E-state index in [9.17, 15) is 0 Å². The van der Waals surface area contributed by atoms with Crippen molar-refractivity contribution in [3.8, 4) is 56.4 Å². The van der Waals surface area contributed by atoms with E-state index in [1.807, 2.05) is 35.6 Å². The van der Waals surface area contributed by atoms with Gasteiger partial charge in [0.1, 0.15) is 50.4 Å². The first-order chi connectivity index (χ1) is 26.8. The van der Waals surface area contributed by atoms with Gasteiger partial charge in [0.25, 0.3) is 0 Å². The molecule has 0 bridgehead atoms. The molecule has 0 radical (unpaired) electrons. The molecule has 10 aromatic rings. The van der Waals surface area contributed by atoms with Crippen LogP contribution in [0.3, 0.4) is 0 Å². The van der Waals surface area contributed by atoms with Crippen LogP contribution in [0.1, 0.15) is 0 Å². The fraction of sp³-hybridized carbons (Fsp3) is 0. The van der Waals surface area contributed by atoms with Gasteiger partial charge in [0.2, 0.25) is 0 Å². The number of hydrogen-bond acceptors (Lipinski definition) is 5. The molecule has 3 aromatic heterocycles. The first-order valence-electron chi connectivity index (χ1n) is 18.7. The van der Waals surface area contributed by atoms with Gasteiger partial charge in [-0.3, -0.25) is 0 Å². The van der Waals surface area contributed by atoms with Gasteiger partial charge in [-0.1, -0.05) is 114 Å². The highest BCUT2D eigenvalue weighted by atomic mass is 32.1. The van der Waals surface area contributed by atoms with Crippen LogP contribution >= 0.6 is 11.3 Å². The molecule has 0 saturated heterocycles. The summed E-state index contributed by atoms with van der Waals surface area (Å²) >= 11 is 1.84. The summed E-state index contributed by atoms with van der Waals surface area (Å²) < 4.78 is 9.24. The Balaban J connectivity index is 1.13. The van der Waals surface area contributed by atoms with E-state index < -0.39 is 0 Å². The van der Waals surface area contributed by atoms with Gasteiger partial charge >= 0.3 is 0 Å². The Labute approximate surface area is 327 Å². The van der Waals surface area contributed by atoms with Crippen LogP contribution in [0.2, 0.25) is 0 Å². The van der Waals surface area contributed by atoms with Crippen LogP contribution in [-0.2, 0) is 0 Å². The third kappa shape index (κ3) is 5.46. The van der Waals surface area contributed by atoms with E-state index in [2.05, 4.69) is 148 Å². The molecule has 7 aromatic carbocycles. The normalized spacial score (nSPS) is 11.6. The molecule has 0 aliphatic rings. The number of rotatable bonds is 5. The molecule has 0 amide bonds. The van der Waals surface area contributed by atoms with Crippen LogP contribution in [0.4, 0.5) is 0 Å². The fourth-order valence-electron chi connectivity index (χ4n) is 8.21. The third-order valence-corrected chi connectivity index (χ3v) is 12.7. The summed E-state index contributed by atoms with van der Waals surface area (Å²) in [5, 5.41) is 4.65. The maximum Gasteiger partial charge on any atom is 0.164 e. The Morgan fingerprint density at radius 3 is 1.75 bits per heavy atom. The Morgan fingerprint density at radius 1 is 0.418 bits per heavy atom. The number of thiophene rings is 1. The largest absolute Gasteiger partial charge is 0.455 e. The average molecular weight is 717 g/mol. The van der Waals surface area contributed by atoms with E-state index in [1.54, 1.807) is 0 Å². The minimum atomic E-state index is 0.617. The zero-order valence-corrected chi connectivity index (χ0v) is 32.2. The van der Waals surface area contributed by atoms with E-state index in [1.165, 1.54) is 58.6 Å². The molecule has 0 spiro atoms. The minimum absolute atomic E-state index is 0.617. The van der Waals surface area contributed by atoms with Gasteiger partial charge in [-0.25, -0.2) is 15.0 Å². The first kappa shape index (κ1) is 33.5. The highest BCUT2D eigenvalue weighted by Crippen LogP contribution is 2.43. The maximum absolute atomic E-state index is 6.69. The Hall–Kier alpha value is -6.11. The highest BCUT2D eigenvalue weighted by Gasteiger charge is 2.19.